The summed E-state index contributed by atoms with van der Waals surface area (Å²) in [5, 5.41) is 6.81. The van der Waals surface area contributed by atoms with Crippen molar-refractivity contribution in [2.45, 2.75) is 6.92 Å². The minimum Gasteiger partial charge on any atom is -0.493 e. The Bertz CT molecular complexity index is 1730. The van der Waals surface area contributed by atoms with Crippen molar-refractivity contribution in [2.75, 3.05) is 33.3 Å². The second-order valence-electron chi connectivity index (χ2n) is 9.42. The maximum atomic E-state index is 13.1. The predicted molar refractivity (Wildman–Crippen MR) is 174 cm³/mol. The molecule has 11 heteroatoms. The third-order valence-corrected chi connectivity index (χ3v) is 6.42. The number of amides is 2. The normalized spacial score (nSPS) is 10.8. The van der Waals surface area contributed by atoms with Crippen molar-refractivity contribution in [1.82, 2.24) is 5.43 Å². The average Bonchev–Trinajstić information content (AvgIpc) is 3.08. The van der Waals surface area contributed by atoms with Crippen LogP contribution in [0.5, 0.6) is 28.7 Å². The van der Waals surface area contributed by atoms with Gasteiger partial charge in [-0.3, -0.25) is 9.59 Å². The molecule has 0 aromatic heterocycles. The summed E-state index contributed by atoms with van der Waals surface area (Å²) in [4.78, 5) is 38.6. The Morgan fingerprint density at radius 1 is 0.739 bits per heavy atom. The van der Waals surface area contributed by atoms with Crippen LogP contribution in [0.25, 0.3) is 6.08 Å². The largest absolute Gasteiger partial charge is 0.493 e. The van der Waals surface area contributed by atoms with Crippen LogP contribution in [0.15, 0.2) is 96.1 Å². The maximum absolute atomic E-state index is 13.1. The number of carbonyl (C=O) groups excluding carboxylic acids is 3. The second kappa shape index (κ2) is 16.1. The lowest BCUT2D eigenvalue weighted by Crippen LogP contribution is -2.21. The molecule has 0 aliphatic carbocycles. The first-order valence-electron chi connectivity index (χ1n) is 14.1. The van der Waals surface area contributed by atoms with Gasteiger partial charge in [-0.15, -0.1) is 0 Å². The minimum atomic E-state index is -0.561. The molecule has 46 heavy (non-hydrogen) atoms. The van der Waals surface area contributed by atoms with Crippen LogP contribution in [0.1, 0.15) is 38.8 Å². The molecule has 0 saturated carbocycles. The number of rotatable bonds is 13. The fourth-order valence-corrected chi connectivity index (χ4v) is 4.25. The van der Waals surface area contributed by atoms with Crippen LogP contribution in [-0.4, -0.2) is 51.9 Å². The maximum Gasteiger partial charge on any atom is 0.336 e. The van der Waals surface area contributed by atoms with E-state index in [0.717, 1.165) is 5.56 Å². The number of nitrogens with zero attached hydrogens (tertiary/aromatic N) is 1. The summed E-state index contributed by atoms with van der Waals surface area (Å²) in [5.74, 6) is -0.0761. The van der Waals surface area contributed by atoms with E-state index in [2.05, 4.69) is 15.8 Å². The zero-order chi connectivity index (χ0) is 32.9. The molecular formula is C35H33N3O8. The molecule has 2 N–H and O–H groups in total. The molecule has 0 aliphatic heterocycles. The van der Waals surface area contributed by atoms with Crippen LogP contribution in [0.2, 0.25) is 0 Å². The molecule has 0 atom stereocenters. The number of hydrazone groups is 1. The predicted octanol–water partition coefficient (Wildman–Crippen LogP) is 5.75. The second-order valence-corrected chi connectivity index (χ2v) is 9.42. The number of ether oxygens (including phenoxy) is 5. The lowest BCUT2D eigenvalue weighted by molar-refractivity contribution is -0.129. The van der Waals surface area contributed by atoms with Gasteiger partial charge in [-0.05, 0) is 66.6 Å². The molecule has 236 valence electrons. The molecule has 0 heterocycles. The molecule has 11 nitrogen and oxygen atoms in total. The Hall–Kier alpha value is -6.10. The smallest absolute Gasteiger partial charge is 0.336 e. The number of hydrogen-bond acceptors (Lipinski definition) is 9. The van der Waals surface area contributed by atoms with Crippen molar-refractivity contribution >= 4 is 35.8 Å². The minimum absolute atomic E-state index is 0.182. The number of hydrogen-bond donors (Lipinski definition) is 2. The van der Waals surface area contributed by atoms with Crippen molar-refractivity contribution in [3.63, 3.8) is 0 Å². The van der Waals surface area contributed by atoms with Gasteiger partial charge in [-0.25, -0.2) is 10.2 Å². The number of para-hydroxylation sites is 1. The summed E-state index contributed by atoms with van der Waals surface area (Å²) in [6, 6.07) is 23.8. The van der Waals surface area contributed by atoms with Crippen LogP contribution < -0.4 is 34.4 Å². The molecule has 0 bridgehead atoms. The molecule has 0 unspecified atom stereocenters. The van der Waals surface area contributed by atoms with Gasteiger partial charge in [0.1, 0.15) is 0 Å². The van der Waals surface area contributed by atoms with E-state index in [1.807, 2.05) is 30.3 Å². The SMILES string of the molecule is CCOc1cc(/C=N\NC(=O)c2ccccc2NC(=O)c2cc(OC)c(OC)c(OC)c2)ccc1OC(=O)/C=C/c1ccccc1. The van der Waals surface area contributed by atoms with Gasteiger partial charge < -0.3 is 29.0 Å². The highest BCUT2D eigenvalue weighted by Gasteiger charge is 2.19. The number of nitrogens with one attached hydrogen (secondary N) is 2. The Labute approximate surface area is 266 Å². The molecule has 4 aromatic rings. The summed E-state index contributed by atoms with van der Waals surface area (Å²) in [7, 11) is 4.37. The van der Waals surface area contributed by atoms with Gasteiger partial charge in [0.15, 0.2) is 23.0 Å². The van der Waals surface area contributed by atoms with E-state index in [1.165, 1.54) is 45.8 Å². The molecular weight excluding hydrogens is 590 g/mol. The number of benzene rings is 4. The fraction of sp³-hybridized carbons (Fsp3) is 0.143. The fourth-order valence-electron chi connectivity index (χ4n) is 4.25. The van der Waals surface area contributed by atoms with Crippen molar-refractivity contribution in [3.05, 3.63) is 113 Å². The van der Waals surface area contributed by atoms with Crippen LogP contribution in [0.4, 0.5) is 5.69 Å². The molecule has 0 aliphatic rings. The first-order chi connectivity index (χ1) is 22.4. The lowest BCUT2D eigenvalue weighted by atomic mass is 10.1. The zero-order valence-corrected chi connectivity index (χ0v) is 25.7. The van der Waals surface area contributed by atoms with E-state index in [9.17, 15) is 14.4 Å². The summed E-state index contributed by atoms with van der Waals surface area (Å²) in [6.45, 7) is 2.14. The van der Waals surface area contributed by atoms with Gasteiger partial charge in [-0.2, -0.15) is 5.10 Å². The molecule has 0 fully saturated rings. The number of esters is 1. The van der Waals surface area contributed by atoms with Crippen LogP contribution in [-0.2, 0) is 4.79 Å². The highest BCUT2D eigenvalue weighted by Crippen LogP contribution is 2.38. The van der Waals surface area contributed by atoms with Crippen molar-refractivity contribution in [3.8, 4) is 28.7 Å². The molecule has 4 rings (SSSR count). The van der Waals surface area contributed by atoms with E-state index in [0.29, 0.717) is 35.2 Å². The Balaban J connectivity index is 1.44. The van der Waals surface area contributed by atoms with Crippen molar-refractivity contribution in [2.24, 2.45) is 5.10 Å². The monoisotopic (exact) mass is 623 g/mol. The number of carbonyl (C=O) groups is 3. The standard InChI is InChI=1S/C35H33N3O8/c1-5-45-29-19-24(15-17-28(29)46-32(39)18-16-23-11-7-6-8-12-23)22-36-38-35(41)26-13-9-10-14-27(26)37-34(40)25-20-30(42-2)33(44-4)31(21-25)43-3/h6-22H,5H2,1-4H3,(H,37,40)(H,38,41)/b18-16+,36-22-. The molecule has 2 amide bonds. The molecule has 4 aromatic carbocycles. The molecule has 0 saturated heterocycles. The zero-order valence-electron chi connectivity index (χ0n) is 25.7. The Morgan fingerprint density at radius 3 is 2.11 bits per heavy atom. The summed E-state index contributed by atoms with van der Waals surface area (Å²) in [6.07, 6.45) is 4.41. The van der Waals surface area contributed by atoms with Crippen LogP contribution in [0, 0.1) is 0 Å². The lowest BCUT2D eigenvalue weighted by Gasteiger charge is -2.15. The van der Waals surface area contributed by atoms with Gasteiger partial charge in [0, 0.05) is 11.6 Å². The average molecular weight is 624 g/mol. The number of anilines is 1. The third kappa shape index (κ3) is 8.50. The van der Waals surface area contributed by atoms with Gasteiger partial charge in [-0.1, -0.05) is 42.5 Å². The molecule has 0 radical (unpaired) electrons. The number of methoxy groups -OCH3 is 3. The topological polar surface area (TPSA) is 134 Å². The first-order valence-corrected chi connectivity index (χ1v) is 14.1. The van der Waals surface area contributed by atoms with E-state index >= 15 is 0 Å². The summed E-state index contributed by atoms with van der Waals surface area (Å²) >= 11 is 0. The van der Waals surface area contributed by atoms with Gasteiger partial charge in [0.25, 0.3) is 11.8 Å². The van der Waals surface area contributed by atoms with Crippen molar-refractivity contribution in [1.29, 1.82) is 0 Å². The highest BCUT2D eigenvalue weighted by molar-refractivity contribution is 6.09. The van der Waals surface area contributed by atoms with Crippen molar-refractivity contribution < 1.29 is 38.1 Å². The molecule has 0 spiro atoms. The quantitative estimate of drug-likeness (QED) is 0.0633. The third-order valence-electron chi connectivity index (χ3n) is 6.42. The van der Waals surface area contributed by atoms with Crippen LogP contribution >= 0.6 is 0 Å². The highest BCUT2D eigenvalue weighted by atomic mass is 16.6. The van der Waals surface area contributed by atoms with E-state index in [-0.39, 0.29) is 22.6 Å². The summed E-state index contributed by atoms with van der Waals surface area (Å²) < 4.78 is 27.1. The summed E-state index contributed by atoms with van der Waals surface area (Å²) in [5.41, 5.74) is 4.59. The van der Waals surface area contributed by atoms with Crippen LogP contribution in [0.3, 0.4) is 0 Å². The van der Waals surface area contributed by atoms with Gasteiger partial charge in [0.05, 0.1) is 45.4 Å². The Morgan fingerprint density at radius 2 is 1.43 bits per heavy atom. The first kappa shape index (κ1) is 32.8. The van der Waals surface area contributed by atoms with E-state index < -0.39 is 17.8 Å². The van der Waals surface area contributed by atoms with Gasteiger partial charge >= 0.3 is 5.97 Å². The van der Waals surface area contributed by atoms with E-state index in [4.69, 9.17) is 23.7 Å². The van der Waals surface area contributed by atoms with Gasteiger partial charge in [0.2, 0.25) is 5.75 Å². The van der Waals surface area contributed by atoms with E-state index in [1.54, 1.807) is 55.5 Å². The Kier molecular flexibility index (Phi) is 11.5.